The van der Waals surface area contributed by atoms with E-state index in [1.807, 2.05) is 54.6 Å². The molecule has 1 aliphatic rings. The quantitative estimate of drug-likeness (QED) is 0.413. The molecule has 0 bridgehead atoms. The van der Waals surface area contributed by atoms with Gasteiger partial charge >= 0.3 is 6.18 Å². The van der Waals surface area contributed by atoms with Crippen molar-refractivity contribution in [3.05, 3.63) is 84.3 Å². The highest BCUT2D eigenvalue weighted by atomic mass is 32.2. The molecule has 0 saturated heterocycles. The summed E-state index contributed by atoms with van der Waals surface area (Å²) < 4.78 is 52.3. The van der Waals surface area contributed by atoms with Gasteiger partial charge in [0.1, 0.15) is 11.6 Å². The van der Waals surface area contributed by atoms with Crippen LogP contribution in [0, 0.1) is 0 Å². The fourth-order valence-corrected chi connectivity index (χ4v) is 4.02. The van der Waals surface area contributed by atoms with Gasteiger partial charge in [-0.05, 0) is 48.2 Å². The minimum Gasteiger partial charge on any atom is -0.485 e. The number of halogens is 3. The number of nitrogens with zero attached hydrogens (tertiary/aromatic N) is 4. The molecule has 0 N–H and O–H groups in total. The molecule has 0 aliphatic carbocycles. The van der Waals surface area contributed by atoms with Crippen molar-refractivity contribution in [2.24, 2.45) is 0 Å². The van der Waals surface area contributed by atoms with Crippen LogP contribution in [0.2, 0.25) is 0 Å². The molecule has 6 nitrogen and oxygen atoms in total. The Labute approximate surface area is 185 Å². The highest BCUT2D eigenvalue weighted by Crippen LogP contribution is 2.38. The number of rotatable bonds is 4. The molecular weight excluding hydrogens is 441 g/mol. The van der Waals surface area contributed by atoms with Crippen molar-refractivity contribution in [2.75, 3.05) is 6.61 Å². The van der Waals surface area contributed by atoms with Crippen molar-refractivity contribution >= 4 is 11.8 Å². The number of hydrogen-bond acceptors (Lipinski definition) is 6. The molecule has 5 rings (SSSR count). The third kappa shape index (κ3) is 4.01. The van der Waals surface area contributed by atoms with Gasteiger partial charge in [-0.25, -0.2) is 4.98 Å². The number of alkyl halides is 3. The van der Waals surface area contributed by atoms with Gasteiger partial charge in [-0.1, -0.05) is 30.3 Å². The molecular formula is C22H15F3N4O2S. The second-order valence-corrected chi connectivity index (χ2v) is 7.85. The number of aromatic nitrogens is 4. The van der Waals surface area contributed by atoms with Crippen LogP contribution in [-0.4, -0.2) is 26.4 Å². The van der Waals surface area contributed by atoms with Gasteiger partial charge in [0.25, 0.3) is 0 Å². The molecule has 162 valence electrons. The van der Waals surface area contributed by atoms with Gasteiger partial charge in [0.05, 0.1) is 5.56 Å². The molecule has 3 heterocycles. The number of para-hydroxylation sites is 3. The Balaban J connectivity index is 1.50. The average molecular weight is 456 g/mol. The average Bonchev–Trinajstić information content (AvgIpc) is 3.22. The number of benzene rings is 2. The molecule has 1 atom stereocenters. The first-order valence-corrected chi connectivity index (χ1v) is 10.4. The highest BCUT2D eigenvalue weighted by Gasteiger charge is 2.31. The van der Waals surface area contributed by atoms with Gasteiger partial charge in [-0.3, -0.25) is 4.57 Å². The van der Waals surface area contributed by atoms with Gasteiger partial charge in [-0.15, -0.1) is 10.2 Å². The summed E-state index contributed by atoms with van der Waals surface area (Å²) in [6.07, 6.45) is -4.16. The van der Waals surface area contributed by atoms with Crippen LogP contribution >= 0.6 is 11.8 Å². The van der Waals surface area contributed by atoms with Gasteiger partial charge in [0.15, 0.2) is 23.4 Å². The SMILES string of the molecule is FC(F)(F)c1ccc(Sc2nnc([C@H]3COc4ccccc4O3)n2-c2ccccc2)nc1. The lowest BCUT2D eigenvalue weighted by atomic mass is 10.2. The summed E-state index contributed by atoms with van der Waals surface area (Å²) >= 11 is 1.11. The molecule has 32 heavy (non-hydrogen) atoms. The van der Waals surface area contributed by atoms with Crippen LogP contribution in [0.4, 0.5) is 13.2 Å². The number of fused-ring (bicyclic) bond motifs is 1. The zero-order chi connectivity index (χ0) is 22.1. The Bertz CT molecular complexity index is 1230. The van der Waals surface area contributed by atoms with Crippen molar-refractivity contribution in [3.63, 3.8) is 0 Å². The standard InChI is InChI=1S/C22H15F3N4O2S/c23-22(24,25)14-10-11-19(26-12-14)32-21-28-27-20(29(21)15-6-2-1-3-7-15)18-13-30-16-8-4-5-9-17(16)31-18/h1-12,18H,13H2/t18-/m1/s1. The van der Waals surface area contributed by atoms with Crippen LogP contribution in [0.15, 0.2) is 83.1 Å². The summed E-state index contributed by atoms with van der Waals surface area (Å²) in [4.78, 5) is 3.93. The summed E-state index contributed by atoms with van der Waals surface area (Å²) in [5.74, 6) is 1.77. The van der Waals surface area contributed by atoms with E-state index in [1.54, 1.807) is 4.57 Å². The van der Waals surface area contributed by atoms with E-state index in [-0.39, 0.29) is 6.61 Å². The second-order valence-electron chi connectivity index (χ2n) is 6.86. The van der Waals surface area contributed by atoms with E-state index < -0.39 is 17.8 Å². The molecule has 0 radical (unpaired) electrons. The fourth-order valence-electron chi connectivity index (χ4n) is 3.22. The van der Waals surface area contributed by atoms with E-state index in [9.17, 15) is 13.2 Å². The Hall–Kier alpha value is -3.53. The molecule has 4 aromatic rings. The van der Waals surface area contributed by atoms with Crippen molar-refractivity contribution in [3.8, 4) is 17.2 Å². The molecule has 0 fully saturated rings. The third-order valence-corrected chi connectivity index (χ3v) is 5.63. The van der Waals surface area contributed by atoms with E-state index >= 15 is 0 Å². The van der Waals surface area contributed by atoms with Crippen molar-refractivity contribution < 1.29 is 22.6 Å². The molecule has 2 aromatic heterocycles. The maximum atomic E-state index is 12.8. The molecule has 0 spiro atoms. The maximum absolute atomic E-state index is 12.8. The summed E-state index contributed by atoms with van der Waals surface area (Å²) in [6.45, 7) is 0.241. The summed E-state index contributed by atoms with van der Waals surface area (Å²) in [6, 6.07) is 19.1. The summed E-state index contributed by atoms with van der Waals surface area (Å²) in [5, 5.41) is 9.40. The fraction of sp³-hybridized carbons (Fsp3) is 0.136. The van der Waals surface area contributed by atoms with Gasteiger partial charge in [0, 0.05) is 11.9 Å². The third-order valence-electron chi connectivity index (χ3n) is 4.73. The first-order chi connectivity index (χ1) is 15.5. The lowest BCUT2D eigenvalue weighted by Gasteiger charge is -2.26. The van der Waals surface area contributed by atoms with Gasteiger partial charge in [0.2, 0.25) is 5.16 Å². The molecule has 0 unspecified atom stereocenters. The minimum atomic E-state index is -4.44. The van der Waals surface area contributed by atoms with Crippen molar-refractivity contribution in [1.29, 1.82) is 0 Å². The predicted octanol–water partition coefficient (Wildman–Crippen LogP) is 5.34. The van der Waals surface area contributed by atoms with E-state index in [1.165, 1.54) is 6.07 Å². The number of ether oxygens (including phenoxy) is 2. The molecule has 10 heteroatoms. The zero-order valence-electron chi connectivity index (χ0n) is 16.4. The van der Waals surface area contributed by atoms with Gasteiger partial charge in [-0.2, -0.15) is 13.2 Å². The topological polar surface area (TPSA) is 62.1 Å². The van der Waals surface area contributed by atoms with Crippen LogP contribution in [0.25, 0.3) is 5.69 Å². The summed E-state index contributed by atoms with van der Waals surface area (Å²) in [5.41, 5.74) is -0.0251. The second kappa shape index (κ2) is 8.19. The zero-order valence-corrected chi connectivity index (χ0v) is 17.2. The van der Waals surface area contributed by atoms with Crippen LogP contribution in [0.5, 0.6) is 11.5 Å². The Morgan fingerprint density at radius 1 is 0.906 bits per heavy atom. The Kier molecular flexibility index (Phi) is 5.22. The highest BCUT2D eigenvalue weighted by molar-refractivity contribution is 7.99. The molecule has 0 amide bonds. The Morgan fingerprint density at radius 2 is 1.66 bits per heavy atom. The van der Waals surface area contributed by atoms with E-state index in [0.717, 1.165) is 29.7 Å². The van der Waals surface area contributed by atoms with E-state index in [4.69, 9.17) is 9.47 Å². The van der Waals surface area contributed by atoms with Gasteiger partial charge < -0.3 is 9.47 Å². The van der Waals surface area contributed by atoms with E-state index in [2.05, 4.69) is 15.2 Å². The largest absolute Gasteiger partial charge is 0.485 e. The normalized spacial score (nSPS) is 15.5. The first-order valence-electron chi connectivity index (χ1n) is 9.59. The monoisotopic (exact) mass is 456 g/mol. The minimum absolute atomic E-state index is 0.241. The smallest absolute Gasteiger partial charge is 0.417 e. The van der Waals surface area contributed by atoms with Crippen LogP contribution in [0.1, 0.15) is 17.5 Å². The van der Waals surface area contributed by atoms with Crippen LogP contribution in [0.3, 0.4) is 0 Å². The van der Waals surface area contributed by atoms with Crippen LogP contribution < -0.4 is 9.47 Å². The Morgan fingerprint density at radius 3 is 2.38 bits per heavy atom. The van der Waals surface area contributed by atoms with Crippen LogP contribution in [-0.2, 0) is 6.18 Å². The van der Waals surface area contributed by atoms with Crippen molar-refractivity contribution in [2.45, 2.75) is 22.5 Å². The number of hydrogen-bond donors (Lipinski definition) is 0. The van der Waals surface area contributed by atoms with E-state index in [0.29, 0.717) is 27.5 Å². The first kappa shape index (κ1) is 20.4. The molecule has 1 aliphatic heterocycles. The van der Waals surface area contributed by atoms with Crippen molar-refractivity contribution in [1.82, 2.24) is 19.7 Å². The molecule has 0 saturated carbocycles. The lowest BCUT2D eigenvalue weighted by Crippen LogP contribution is -2.24. The predicted molar refractivity (Wildman–Crippen MR) is 110 cm³/mol. The lowest BCUT2D eigenvalue weighted by molar-refractivity contribution is -0.137. The molecule has 2 aromatic carbocycles. The maximum Gasteiger partial charge on any atom is 0.417 e. The number of pyridine rings is 1. The summed E-state index contributed by atoms with van der Waals surface area (Å²) in [7, 11) is 0.